The van der Waals surface area contributed by atoms with Crippen molar-refractivity contribution in [2.75, 3.05) is 54.9 Å². The zero-order valence-electron chi connectivity index (χ0n) is 16.8. The Balaban J connectivity index is 1.54. The van der Waals surface area contributed by atoms with Crippen molar-refractivity contribution >= 4 is 23.6 Å². The Kier molecular flexibility index (Phi) is 5.74. The number of carbonyl (C=O) groups is 1. The molecule has 160 valence electrons. The van der Waals surface area contributed by atoms with Crippen LogP contribution >= 0.6 is 0 Å². The van der Waals surface area contributed by atoms with Crippen molar-refractivity contribution in [2.24, 2.45) is 5.41 Å². The van der Waals surface area contributed by atoms with E-state index in [0.717, 1.165) is 24.5 Å². The molecule has 0 aliphatic carbocycles. The highest BCUT2D eigenvalue weighted by Crippen LogP contribution is 2.37. The second-order valence-electron chi connectivity index (χ2n) is 7.88. The quantitative estimate of drug-likeness (QED) is 0.652. The number of aliphatic carboxylic acids is 1. The Morgan fingerprint density at radius 3 is 2.43 bits per heavy atom. The highest BCUT2D eigenvalue weighted by Gasteiger charge is 2.49. The Bertz CT molecular complexity index is 890. The van der Waals surface area contributed by atoms with E-state index in [4.69, 9.17) is 10.5 Å². The van der Waals surface area contributed by atoms with Crippen molar-refractivity contribution in [3.8, 4) is 0 Å². The fraction of sp³-hybridized carbons (Fsp3) is 0.476. The maximum absolute atomic E-state index is 12.2. The van der Waals surface area contributed by atoms with E-state index in [1.165, 1.54) is 0 Å². The number of anilines is 3. The van der Waals surface area contributed by atoms with E-state index in [0.29, 0.717) is 32.0 Å². The minimum atomic E-state index is -1.23. The van der Waals surface area contributed by atoms with Crippen LogP contribution in [-0.4, -0.2) is 71.6 Å². The third kappa shape index (κ3) is 4.03. The van der Waals surface area contributed by atoms with E-state index in [1.807, 2.05) is 41.3 Å². The predicted molar refractivity (Wildman–Crippen MR) is 113 cm³/mol. The molecule has 2 saturated heterocycles. The lowest BCUT2D eigenvalue weighted by Crippen LogP contribution is -2.56. The van der Waals surface area contributed by atoms with Gasteiger partial charge in [0.15, 0.2) is 0 Å². The van der Waals surface area contributed by atoms with Crippen LogP contribution in [0.25, 0.3) is 0 Å². The molecule has 9 nitrogen and oxygen atoms in total. The van der Waals surface area contributed by atoms with Gasteiger partial charge in [-0.2, -0.15) is 9.97 Å². The highest BCUT2D eigenvalue weighted by atomic mass is 16.5. The van der Waals surface area contributed by atoms with Crippen LogP contribution in [0, 0.1) is 5.41 Å². The lowest BCUT2D eigenvalue weighted by atomic mass is 9.71. The van der Waals surface area contributed by atoms with Gasteiger partial charge in [-0.1, -0.05) is 30.3 Å². The molecule has 2 fully saturated rings. The fourth-order valence-electron chi connectivity index (χ4n) is 4.23. The number of benzene rings is 1. The zero-order chi connectivity index (χ0) is 21.1. The second kappa shape index (κ2) is 8.45. The number of aliphatic hydroxyl groups excluding tert-OH is 1. The predicted octanol–water partition coefficient (Wildman–Crippen LogP) is 0.780. The number of aromatic nitrogens is 2. The molecule has 2 aromatic rings. The zero-order valence-corrected chi connectivity index (χ0v) is 16.8. The number of hydrogen-bond acceptors (Lipinski definition) is 8. The molecule has 1 aromatic heterocycles. The Hall–Kier alpha value is -2.91. The number of aliphatic hydroxyl groups is 1. The summed E-state index contributed by atoms with van der Waals surface area (Å²) in [7, 11) is 0. The van der Waals surface area contributed by atoms with E-state index < -0.39 is 17.5 Å². The van der Waals surface area contributed by atoms with Crippen molar-refractivity contribution in [1.29, 1.82) is 0 Å². The Morgan fingerprint density at radius 1 is 1.13 bits per heavy atom. The summed E-state index contributed by atoms with van der Waals surface area (Å²) in [5.74, 6) is 0.494. The number of nitrogens with zero attached hydrogens (tertiary/aromatic N) is 4. The van der Waals surface area contributed by atoms with Crippen LogP contribution in [0.3, 0.4) is 0 Å². The molecule has 0 amide bonds. The van der Waals surface area contributed by atoms with Crippen LogP contribution in [0.15, 0.2) is 36.4 Å². The fourth-order valence-corrected chi connectivity index (χ4v) is 4.23. The number of nitrogen functional groups attached to an aromatic ring is 1. The van der Waals surface area contributed by atoms with Gasteiger partial charge in [0.2, 0.25) is 5.95 Å². The number of nitrogens with two attached hydrogens (primary N) is 1. The molecule has 0 spiro atoms. The van der Waals surface area contributed by atoms with Crippen LogP contribution in [0.1, 0.15) is 12.0 Å². The largest absolute Gasteiger partial charge is 0.481 e. The Labute approximate surface area is 175 Å². The summed E-state index contributed by atoms with van der Waals surface area (Å²) in [6, 6.07) is 11.3. The lowest BCUT2D eigenvalue weighted by Gasteiger charge is -2.43. The Morgan fingerprint density at radius 2 is 1.80 bits per heavy atom. The summed E-state index contributed by atoms with van der Waals surface area (Å²) in [6.45, 7) is 3.31. The van der Waals surface area contributed by atoms with Gasteiger partial charge in [-0.25, -0.2) is 0 Å². The number of rotatable bonds is 5. The molecule has 0 unspecified atom stereocenters. The van der Waals surface area contributed by atoms with Gasteiger partial charge in [0.05, 0.1) is 19.3 Å². The summed E-state index contributed by atoms with van der Waals surface area (Å²) in [6.07, 6.45) is -0.467. The number of carboxylic acid groups (broad SMARTS) is 1. The monoisotopic (exact) mass is 413 g/mol. The molecule has 3 heterocycles. The number of carboxylic acids is 1. The van der Waals surface area contributed by atoms with Gasteiger partial charge >= 0.3 is 5.97 Å². The molecule has 0 saturated carbocycles. The van der Waals surface area contributed by atoms with Crippen LogP contribution in [0.5, 0.6) is 0 Å². The first-order valence-electron chi connectivity index (χ1n) is 10.2. The molecule has 9 heteroatoms. The van der Waals surface area contributed by atoms with Crippen LogP contribution in [-0.2, 0) is 16.0 Å². The van der Waals surface area contributed by atoms with Crippen LogP contribution in [0.2, 0.25) is 0 Å². The molecule has 2 aliphatic heterocycles. The van der Waals surface area contributed by atoms with E-state index in [9.17, 15) is 15.0 Å². The summed E-state index contributed by atoms with van der Waals surface area (Å²) in [4.78, 5) is 24.9. The average molecular weight is 413 g/mol. The SMILES string of the molecule is Nc1nc(N2CCOCC2)cc(N2CC[C@](Cc3ccccc3)(C(=O)O)[C@@H](O)C2)n1. The second-order valence-corrected chi connectivity index (χ2v) is 7.88. The van der Waals surface area contributed by atoms with Crippen molar-refractivity contribution in [1.82, 2.24) is 9.97 Å². The van der Waals surface area contributed by atoms with Crippen molar-refractivity contribution in [2.45, 2.75) is 18.9 Å². The average Bonchev–Trinajstić information content (AvgIpc) is 2.76. The van der Waals surface area contributed by atoms with Gasteiger partial charge in [0, 0.05) is 32.2 Å². The van der Waals surface area contributed by atoms with E-state index in [1.54, 1.807) is 0 Å². The molecule has 0 bridgehead atoms. The van der Waals surface area contributed by atoms with Crippen molar-refractivity contribution in [3.63, 3.8) is 0 Å². The molecule has 4 N–H and O–H groups in total. The highest BCUT2D eigenvalue weighted by molar-refractivity contribution is 5.76. The molecule has 30 heavy (non-hydrogen) atoms. The van der Waals surface area contributed by atoms with Crippen molar-refractivity contribution < 1.29 is 19.7 Å². The first kappa shape index (κ1) is 20.4. The van der Waals surface area contributed by atoms with Gasteiger partial charge in [-0.05, 0) is 18.4 Å². The van der Waals surface area contributed by atoms with Gasteiger partial charge in [0.1, 0.15) is 17.1 Å². The number of piperidine rings is 1. The van der Waals surface area contributed by atoms with Gasteiger partial charge in [-0.3, -0.25) is 4.79 Å². The minimum absolute atomic E-state index is 0.155. The summed E-state index contributed by atoms with van der Waals surface area (Å²) >= 11 is 0. The molecular weight excluding hydrogens is 386 g/mol. The third-order valence-electron chi connectivity index (χ3n) is 6.02. The van der Waals surface area contributed by atoms with Gasteiger partial charge in [-0.15, -0.1) is 0 Å². The van der Waals surface area contributed by atoms with Gasteiger partial charge < -0.3 is 30.5 Å². The standard InChI is InChI=1S/C21H27N5O4/c22-20-23-17(25-8-10-30-11-9-25)12-18(24-20)26-7-6-21(19(28)29,16(27)14-26)13-15-4-2-1-3-5-15/h1-5,12,16,27H,6-11,13-14H2,(H,28,29)(H2,22,23,24)/t16-,21+/m0/s1. The van der Waals surface area contributed by atoms with E-state index in [-0.39, 0.29) is 18.9 Å². The number of hydrogen-bond donors (Lipinski definition) is 3. The summed E-state index contributed by atoms with van der Waals surface area (Å²) in [5.41, 5.74) is 5.61. The maximum atomic E-state index is 12.2. The number of morpholine rings is 1. The third-order valence-corrected chi connectivity index (χ3v) is 6.02. The van der Waals surface area contributed by atoms with Crippen molar-refractivity contribution in [3.05, 3.63) is 42.0 Å². The smallest absolute Gasteiger partial charge is 0.312 e. The van der Waals surface area contributed by atoms with Crippen LogP contribution < -0.4 is 15.5 Å². The first-order valence-corrected chi connectivity index (χ1v) is 10.2. The molecule has 4 rings (SSSR count). The normalized spacial score (nSPS) is 24.6. The van der Waals surface area contributed by atoms with E-state index in [2.05, 4.69) is 14.9 Å². The summed E-state index contributed by atoms with van der Waals surface area (Å²) in [5, 5.41) is 20.9. The minimum Gasteiger partial charge on any atom is -0.481 e. The number of β-amino-alcohol motifs (C(OH)–C–C–N with tert-alkyl or cyclic N) is 1. The summed E-state index contributed by atoms with van der Waals surface area (Å²) < 4.78 is 5.39. The topological polar surface area (TPSA) is 125 Å². The molecule has 2 aliphatic rings. The molecule has 2 atom stereocenters. The van der Waals surface area contributed by atoms with E-state index >= 15 is 0 Å². The van der Waals surface area contributed by atoms with Crippen LogP contribution in [0.4, 0.5) is 17.6 Å². The van der Waals surface area contributed by atoms with Gasteiger partial charge in [0.25, 0.3) is 0 Å². The maximum Gasteiger partial charge on any atom is 0.312 e. The molecule has 0 radical (unpaired) electrons. The number of ether oxygens (including phenoxy) is 1. The lowest BCUT2D eigenvalue weighted by molar-refractivity contribution is -0.158. The molecular formula is C21H27N5O4. The molecule has 1 aromatic carbocycles. The first-order chi connectivity index (χ1) is 14.5.